The van der Waals surface area contributed by atoms with E-state index in [1.165, 1.54) is 7.05 Å². The van der Waals surface area contributed by atoms with Gasteiger partial charge in [0.25, 0.3) is 17.4 Å². The first-order chi connectivity index (χ1) is 14.5. The van der Waals surface area contributed by atoms with Crippen LogP contribution >= 0.6 is 0 Å². The van der Waals surface area contributed by atoms with Gasteiger partial charge < -0.3 is 15.4 Å². The Labute approximate surface area is 172 Å². The van der Waals surface area contributed by atoms with E-state index < -0.39 is 5.91 Å². The third-order valence-corrected chi connectivity index (χ3v) is 5.11. The Morgan fingerprint density at radius 3 is 2.60 bits per heavy atom. The van der Waals surface area contributed by atoms with E-state index >= 15 is 0 Å². The number of fused-ring (bicyclic) bond motifs is 1. The molecule has 0 unspecified atom stereocenters. The summed E-state index contributed by atoms with van der Waals surface area (Å²) < 4.78 is 6.67. The molecule has 8 heteroatoms. The van der Waals surface area contributed by atoms with Crippen molar-refractivity contribution in [1.29, 1.82) is 0 Å². The minimum absolute atomic E-state index is 0.0249. The van der Waals surface area contributed by atoms with Crippen LogP contribution in [0.2, 0.25) is 0 Å². The van der Waals surface area contributed by atoms with Crippen LogP contribution in [-0.2, 0) is 11.8 Å². The third-order valence-electron chi connectivity index (χ3n) is 5.11. The number of para-hydroxylation sites is 1. The number of carbonyl (C=O) groups is 2. The number of rotatable bonds is 5. The van der Waals surface area contributed by atoms with E-state index in [4.69, 9.17) is 4.74 Å². The van der Waals surface area contributed by atoms with Crippen molar-refractivity contribution < 1.29 is 14.3 Å². The fraction of sp³-hybridized carbons (Fsp3) is 0.273. The molecule has 1 saturated heterocycles. The van der Waals surface area contributed by atoms with Gasteiger partial charge in [0, 0.05) is 25.6 Å². The number of benzene rings is 2. The summed E-state index contributed by atoms with van der Waals surface area (Å²) in [7, 11) is 1.50. The Kier molecular flexibility index (Phi) is 5.58. The molecule has 2 aromatic carbocycles. The molecule has 0 spiro atoms. The van der Waals surface area contributed by atoms with Crippen LogP contribution in [0.3, 0.4) is 0 Å². The van der Waals surface area contributed by atoms with E-state index in [0.717, 1.165) is 17.5 Å². The molecule has 4 rings (SSSR count). The van der Waals surface area contributed by atoms with Gasteiger partial charge >= 0.3 is 0 Å². The molecule has 1 aliphatic heterocycles. The van der Waals surface area contributed by atoms with Crippen LogP contribution in [0, 0.1) is 0 Å². The van der Waals surface area contributed by atoms with Gasteiger partial charge in [-0.25, -0.2) is 4.68 Å². The van der Waals surface area contributed by atoms with E-state index in [-0.39, 0.29) is 23.3 Å². The van der Waals surface area contributed by atoms with Gasteiger partial charge in [-0.15, -0.1) is 0 Å². The fourth-order valence-corrected chi connectivity index (χ4v) is 3.55. The Bertz CT molecular complexity index is 1170. The van der Waals surface area contributed by atoms with Gasteiger partial charge in [-0.05, 0) is 31.0 Å². The number of aryl methyl sites for hydroxylation is 1. The van der Waals surface area contributed by atoms with Crippen LogP contribution < -0.4 is 16.2 Å². The number of carbonyl (C=O) groups excluding carboxylic acids is 2. The van der Waals surface area contributed by atoms with Crippen molar-refractivity contribution in [3.8, 4) is 0 Å². The Morgan fingerprint density at radius 2 is 1.83 bits per heavy atom. The van der Waals surface area contributed by atoms with E-state index in [1.54, 1.807) is 48.5 Å². The molecule has 30 heavy (non-hydrogen) atoms. The summed E-state index contributed by atoms with van der Waals surface area (Å²) in [6, 6.07) is 13.6. The van der Waals surface area contributed by atoms with Crippen LogP contribution in [0.1, 0.15) is 33.7 Å². The number of nitrogens with one attached hydrogen (secondary N) is 2. The first-order valence-electron chi connectivity index (χ1n) is 9.81. The van der Waals surface area contributed by atoms with Crippen molar-refractivity contribution in [1.82, 2.24) is 15.1 Å². The van der Waals surface area contributed by atoms with E-state index in [0.29, 0.717) is 35.2 Å². The number of amides is 2. The molecule has 3 aromatic rings. The van der Waals surface area contributed by atoms with Gasteiger partial charge in [0.2, 0.25) is 0 Å². The molecule has 2 amide bonds. The van der Waals surface area contributed by atoms with Gasteiger partial charge in [0.05, 0.1) is 22.7 Å². The number of anilines is 1. The van der Waals surface area contributed by atoms with Crippen LogP contribution in [0.5, 0.6) is 0 Å². The van der Waals surface area contributed by atoms with E-state index in [2.05, 4.69) is 15.7 Å². The Morgan fingerprint density at radius 1 is 1.10 bits per heavy atom. The van der Waals surface area contributed by atoms with Gasteiger partial charge in [0.15, 0.2) is 5.69 Å². The zero-order valence-corrected chi connectivity index (χ0v) is 16.6. The molecule has 2 N–H and O–H groups in total. The van der Waals surface area contributed by atoms with Crippen LogP contribution in [0.4, 0.5) is 5.69 Å². The summed E-state index contributed by atoms with van der Waals surface area (Å²) >= 11 is 0. The highest BCUT2D eigenvalue weighted by molar-refractivity contribution is 6.13. The van der Waals surface area contributed by atoms with Crippen LogP contribution in [0.15, 0.2) is 53.3 Å². The Hall–Kier alpha value is -3.52. The minimum Gasteiger partial charge on any atom is -0.376 e. The van der Waals surface area contributed by atoms with Crippen LogP contribution in [0.25, 0.3) is 10.8 Å². The summed E-state index contributed by atoms with van der Waals surface area (Å²) in [5.41, 5.74) is 0.545. The van der Waals surface area contributed by atoms with Gasteiger partial charge in [0.1, 0.15) is 0 Å². The van der Waals surface area contributed by atoms with Crippen molar-refractivity contribution in [3.63, 3.8) is 0 Å². The smallest absolute Gasteiger partial charge is 0.276 e. The molecule has 1 fully saturated rings. The average Bonchev–Trinajstić information content (AvgIpc) is 3.28. The molecule has 154 valence electrons. The van der Waals surface area contributed by atoms with Gasteiger partial charge in [-0.3, -0.25) is 14.4 Å². The highest BCUT2D eigenvalue weighted by atomic mass is 16.5. The van der Waals surface area contributed by atoms with Crippen molar-refractivity contribution >= 4 is 28.3 Å². The molecule has 1 aliphatic rings. The molecule has 0 aliphatic carbocycles. The van der Waals surface area contributed by atoms with Crippen LogP contribution in [-0.4, -0.2) is 40.9 Å². The lowest BCUT2D eigenvalue weighted by molar-refractivity contribution is 0.0858. The summed E-state index contributed by atoms with van der Waals surface area (Å²) in [6.07, 6.45) is 1.94. The highest BCUT2D eigenvalue weighted by Crippen LogP contribution is 2.19. The zero-order chi connectivity index (χ0) is 21.1. The third kappa shape index (κ3) is 3.95. The molecule has 2 heterocycles. The lowest BCUT2D eigenvalue weighted by Gasteiger charge is -2.14. The number of nitrogens with zero attached hydrogens (tertiary/aromatic N) is 2. The predicted octanol–water partition coefficient (Wildman–Crippen LogP) is 2.09. The summed E-state index contributed by atoms with van der Waals surface area (Å²) in [6.45, 7) is 1.14. The molecular formula is C22H22N4O4. The molecule has 1 aromatic heterocycles. The zero-order valence-electron chi connectivity index (χ0n) is 16.6. The molecular weight excluding hydrogens is 384 g/mol. The van der Waals surface area contributed by atoms with Crippen molar-refractivity contribution in [2.24, 2.45) is 7.05 Å². The van der Waals surface area contributed by atoms with Gasteiger partial charge in [-0.2, -0.15) is 5.10 Å². The van der Waals surface area contributed by atoms with Gasteiger partial charge in [-0.1, -0.05) is 30.3 Å². The SMILES string of the molecule is Cn1nc(C(=O)Nc2ccccc2C(=O)NC[C@H]2CCCO2)c2ccccc2c1=O. The monoisotopic (exact) mass is 406 g/mol. The predicted molar refractivity (Wildman–Crippen MR) is 113 cm³/mol. The quantitative estimate of drug-likeness (QED) is 0.676. The first kappa shape index (κ1) is 19.8. The highest BCUT2D eigenvalue weighted by Gasteiger charge is 2.20. The summed E-state index contributed by atoms with van der Waals surface area (Å²) in [4.78, 5) is 38.0. The number of hydrogen-bond donors (Lipinski definition) is 2. The average molecular weight is 406 g/mol. The maximum atomic E-state index is 13.0. The van der Waals surface area contributed by atoms with E-state index in [1.807, 2.05) is 0 Å². The van der Waals surface area contributed by atoms with Crippen molar-refractivity contribution in [2.75, 3.05) is 18.5 Å². The lowest BCUT2D eigenvalue weighted by atomic mass is 10.1. The second-order valence-corrected chi connectivity index (χ2v) is 7.17. The molecule has 1 atom stereocenters. The standard InChI is InChI=1S/C22H22N4O4/c1-26-22(29)16-9-3-2-8-15(16)19(25-26)21(28)24-18-11-5-4-10-17(18)20(27)23-13-14-7-6-12-30-14/h2-5,8-11,14H,6-7,12-13H2,1H3,(H,23,27)(H,24,28)/t14-/m1/s1. The molecule has 0 radical (unpaired) electrons. The van der Waals surface area contributed by atoms with Crippen molar-refractivity contribution in [3.05, 3.63) is 70.1 Å². The number of hydrogen-bond acceptors (Lipinski definition) is 5. The number of aromatic nitrogens is 2. The Balaban J connectivity index is 1.59. The molecule has 0 saturated carbocycles. The second kappa shape index (κ2) is 8.46. The van der Waals surface area contributed by atoms with E-state index in [9.17, 15) is 14.4 Å². The summed E-state index contributed by atoms with van der Waals surface area (Å²) in [5.74, 6) is -0.791. The summed E-state index contributed by atoms with van der Waals surface area (Å²) in [5, 5.41) is 10.6. The largest absolute Gasteiger partial charge is 0.376 e. The topological polar surface area (TPSA) is 102 Å². The second-order valence-electron chi connectivity index (χ2n) is 7.17. The fourth-order valence-electron chi connectivity index (χ4n) is 3.55. The minimum atomic E-state index is -0.499. The maximum absolute atomic E-state index is 13.0. The lowest BCUT2D eigenvalue weighted by Crippen LogP contribution is -2.32. The molecule has 8 nitrogen and oxygen atoms in total. The van der Waals surface area contributed by atoms with Crippen molar-refractivity contribution in [2.45, 2.75) is 18.9 Å². The molecule has 0 bridgehead atoms. The maximum Gasteiger partial charge on any atom is 0.276 e. The first-order valence-corrected chi connectivity index (χ1v) is 9.81. The normalized spacial score (nSPS) is 15.8. The number of ether oxygens (including phenoxy) is 1.